The van der Waals surface area contributed by atoms with Gasteiger partial charge in [-0.3, -0.25) is 10.1 Å². The molecule has 0 radical (unpaired) electrons. The van der Waals surface area contributed by atoms with Crippen molar-refractivity contribution in [1.82, 2.24) is 0 Å². The van der Waals surface area contributed by atoms with Crippen molar-refractivity contribution in [3.8, 4) is 0 Å². The van der Waals surface area contributed by atoms with Crippen LogP contribution in [-0.4, -0.2) is 23.2 Å². The molecular weight excluding hydrogens is 246 g/mol. The van der Waals surface area contributed by atoms with Crippen molar-refractivity contribution in [1.29, 1.82) is 0 Å². The Hall–Kier alpha value is -1.82. The summed E-state index contributed by atoms with van der Waals surface area (Å²) in [6, 6.07) is 4.56. The number of aliphatic hydroxyl groups is 1. The Labute approximate surface area is 112 Å². The van der Waals surface area contributed by atoms with Crippen molar-refractivity contribution in [2.24, 2.45) is 5.41 Å². The summed E-state index contributed by atoms with van der Waals surface area (Å²) in [6.07, 6.45) is 1.71. The number of hydrogen-bond donors (Lipinski definition) is 3. The molecule has 0 saturated carbocycles. The van der Waals surface area contributed by atoms with Gasteiger partial charge in [-0.25, -0.2) is 0 Å². The van der Waals surface area contributed by atoms with Gasteiger partial charge in [0, 0.05) is 23.7 Å². The Kier molecular flexibility index (Phi) is 5.11. The first-order chi connectivity index (χ1) is 8.98. The van der Waals surface area contributed by atoms with Gasteiger partial charge in [-0.05, 0) is 25.0 Å². The second-order valence-electron chi connectivity index (χ2n) is 4.75. The number of benzene rings is 1. The zero-order chi connectivity index (χ0) is 14.5. The Morgan fingerprint density at radius 1 is 1.42 bits per heavy atom. The van der Waals surface area contributed by atoms with E-state index in [4.69, 9.17) is 5.73 Å². The van der Waals surface area contributed by atoms with Crippen LogP contribution in [0.5, 0.6) is 0 Å². The van der Waals surface area contributed by atoms with Gasteiger partial charge in [-0.15, -0.1) is 0 Å². The molecule has 0 unspecified atom stereocenters. The van der Waals surface area contributed by atoms with Crippen molar-refractivity contribution < 1.29 is 10.0 Å². The van der Waals surface area contributed by atoms with Gasteiger partial charge in [0.05, 0.1) is 11.5 Å². The number of nitrogen functional groups attached to an aromatic ring is 1. The molecular formula is C13H21N3O3. The van der Waals surface area contributed by atoms with Crippen molar-refractivity contribution >= 4 is 17.1 Å². The van der Waals surface area contributed by atoms with Crippen LogP contribution in [0.4, 0.5) is 17.1 Å². The van der Waals surface area contributed by atoms with E-state index in [2.05, 4.69) is 5.32 Å². The minimum Gasteiger partial charge on any atom is -0.396 e. The molecule has 0 atom stereocenters. The third-order valence-electron chi connectivity index (χ3n) is 3.73. The molecule has 0 spiro atoms. The van der Waals surface area contributed by atoms with Gasteiger partial charge < -0.3 is 16.2 Å². The molecule has 0 aliphatic heterocycles. The molecule has 6 nitrogen and oxygen atoms in total. The fourth-order valence-corrected chi connectivity index (χ4v) is 1.90. The average molecular weight is 267 g/mol. The number of hydrogen-bond acceptors (Lipinski definition) is 5. The van der Waals surface area contributed by atoms with Gasteiger partial charge in [0.25, 0.3) is 5.69 Å². The zero-order valence-electron chi connectivity index (χ0n) is 11.3. The van der Waals surface area contributed by atoms with E-state index in [9.17, 15) is 15.2 Å². The van der Waals surface area contributed by atoms with E-state index in [0.717, 1.165) is 18.5 Å². The van der Waals surface area contributed by atoms with E-state index < -0.39 is 4.92 Å². The number of nitrogens with two attached hydrogens (primary N) is 1. The highest BCUT2D eigenvalue weighted by atomic mass is 16.6. The van der Waals surface area contributed by atoms with Crippen LogP contribution in [0, 0.1) is 15.5 Å². The monoisotopic (exact) mass is 267 g/mol. The molecule has 0 aromatic heterocycles. The van der Waals surface area contributed by atoms with Crippen LogP contribution in [0.2, 0.25) is 0 Å². The smallest absolute Gasteiger partial charge is 0.292 e. The van der Waals surface area contributed by atoms with E-state index in [-0.39, 0.29) is 23.4 Å². The molecule has 106 valence electrons. The molecule has 0 amide bonds. The molecule has 0 aliphatic rings. The highest BCUT2D eigenvalue weighted by molar-refractivity contribution is 5.65. The molecule has 1 rings (SSSR count). The number of nitrogens with one attached hydrogen (secondary N) is 1. The van der Waals surface area contributed by atoms with Crippen LogP contribution in [0.1, 0.15) is 26.7 Å². The molecule has 0 bridgehead atoms. The van der Waals surface area contributed by atoms with E-state index in [1.807, 2.05) is 13.8 Å². The number of nitro groups is 1. The number of anilines is 2. The zero-order valence-corrected chi connectivity index (χ0v) is 11.3. The largest absolute Gasteiger partial charge is 0.396 e. The van der Waals surface area contributed by atoms with Gasteiger partial charge in [0.15, 0.2) is 0 Å². The van der Waals surface area contributed by atoms with Gasteiger partial charge in [0.2, 0.25) is 0 Å². The summed E-state index contributed by atoms with van der Waals surface area (Å²) in [5, 5.41) is 23.3. The number of nitrogens with zero attached hydrogens (tertiary/aromatic N) is 1. The second kappa shape index (κ2) is 6.38. The van der Waals surface area contributed by atoms with Gasteiger partial charge >= 0.3 is 0 Å². The van der Waals surface area contributed by atoms with Crippen LogP contribution in [-0.2, 0) is 0 Å². The van der Waals surface area contributed by atoms with E-state index >= 15 is 0 Å². The Morgan fingerprint density at radius 3 is 2.47 bits per heavy atom. The predicted molar refractivity (Wildman–Crippen MR) is 76.1 cm³/mol. The SMILES string of the molecule is CCC(CC)(CO)CNc1ccc([N+](=O)[O-])c(N)c1. The number of nitro benzene ring substituents is 1. The molecule has 0 saturated heterocycles. The standard InChI is InChI=1S/C13H21N3O3/c1-3-13(4-2,9-17)8-15-10-5-6-12(16(18)19)11(14)7-10/h5-7,15,17H,3-4,8-9,14H2,1-2H3. The minimum absolute atomic E-state index is 0.0926. The Bertz CT molecular complexity index is 436. The maximum atomic E-state index is 10.7. The van der Waals surface area contributed by atoms with Crippen molar-refractivity contribution in [3.05, 3.63) is 28.3 Å². The van der Waals surface area contributed by atoms with Gasteiger partial charge in [-0.2, -0.15) is 0 Å². The summed E-state index contributed by atoms with van der Waals surface area (Å²) in [7, 11) is 0. The first-order valence-corrected chi connectivity index (χ1v) is 6.36. The Morgan fingerprint density at radius 2 is 2.05 bits per heavy atom. The van der Waals surface area contributed by atoms with Crippen LogP contribution in [0.3, 0.4) is 0 Å². The third-order valence-corrected chi connectivity index (χ3v) is 3.73. The lowest BCUT2D eigenvalue weighted by Crippen LogP contribution is -2.32. The molecule has 0 aliphatic carbocycles. The molecule has 0 heterocycles. The van der Waals surface area contributed by atoms with E-state index in [1.54, 1.807) is 12.1 Å². The molecule has 1 aromatic rings. The quantitative estimate of drug-likeness (QED) is 0.400. The fraction of sp³-hybridized carbons (Fsp3) is 0.538. The normalized spacial score (nSPS) is 11.3. The summed E-state index contributed by atoms with van der Waals surface area (Å²) in [4.78, 5) is 10.2. The summed E-state index contributed by atoms with van der Waals surface area (Å²) >= 11 is 0. The van der Waals surface area contributed by atoms with Crippen molar-refractivity contribution in [2.45, 2.75) is 26.7 Å². The number of aliphatic hydroxyl groups excluding tert-OH is 1. The molecule has 4 N–H and O–H groups in total. The lowest BCUT2D eigenvalue weighted by atomic mass is 9.83. The average Bonchev–Trinajstić information content (AvgIpc) is 2.40. The van der Waals surface area contributed by atoms with E-state index in [0.29, 0.717) is 6.54 Å². The van der Waals surface area contributed by atoms with Crippen LogP contribution < -0.4 is 11.1 Å². The van der Waals surface area contributed by atoms with Crippen LogP contribution in [0.15, 0.2) is 18.2 Å². The minimum atomic E-state index is -0.505. The fourth-order valence-electron chi connectivity index (χ4n) is 1.90. The predicted octanol–water partition coefficient (Wildman–Crippen LogP) is 2.39. The first-order valence-electron chi connectivity index (χ1n) is 6.36. The first kappa shape index (κ1) is 15.2. The third kappa shape index (κ3) is 3.57. The highest BCUT2D eigenvalue weighted by Gasteiger charge is 2.25. The summed E-state index contributed by atoms with van der Waals surface area (Å²) < 4.78 is 0. The number of rotatable bonds is 7. The summed E-state index contributed by atoms with van der Waals surface area (Å²) in [6.45, 7) is 4.78. The van der Waals surface area contributed by atoms with Gasteiger partial charge in [0.1, 0.15) is 5.69 Å². The maximum Gasteiger partial charge on any atom is 0.292 e. The summed E-state index contributed by atoms with van der Waals surface area (Å²) in [5.41, 5.74) is 6.23. The lowest BCUT2D eigenvalue weighted by Gasteiger charge is -2.30. The molecule has 19 heavy (non-hydrogen) atoms. The highest BCUT2D eigenvalue weighted by Crippen LogP contribution is 2.28. The second-order valence-corrected chi connectivity index (χ2v) is 4.75. The van der Waals surface area contributed by atoms with Crippen LogP contribution in [0.25, 0.3) is 0 Å². The van der Waals surface area contributed by atoms with Crippen LogP contribution >= 0.6 is 0 Å². The van der Waals surface area contributed by atoms with Crippen molar-refractivity contribution in [3.63, 3.8) is 0 Å². The summed E-state index contributed by atoms with van der Waals surface area (Å²) in [5.74, 6) is 0. The van der Waals surface area contributed by atoms with Gasteiger partial charge in [-0.1, -0.05) is 13.8 Å². The maximum absolute atomic E-state index is 10.7. The molecule has 6 heteroatoms. The lowest BCUT2D eigenvalue weighted by molar-refractivity contribution is -0.383. The topological polar surface area (TPSA) is 101 Å². The molecule has 1 aromatic carbocycles. The van der Waals surface area contributed by atoms with Crippen molar-refractivity contribution in [2.75, 3.05) is 24.2 Å². The Balaban J connectivity index is 2.78. The van der Waals surface area contributed by atoms with E-state index in [1.165, 1.54) is 6.07 Å². The molecule has 0 fully saturated rings.